The highest BCUT2D eigenvalue weighted by Crippen LogP contribution is 2.22. The largest absolute Gasteiger partial charge is 0.326 e. The number of likely N-dealkylation sites (tertiary alicyclic amines) is 1. The molecule has 126 valence electrons. The highest BCUT2D eigenvalue weighted by molar-refractivity contribution is 5.92. The van der Waals surface area contributed by atoms with Crippen molar-refractivity contribution in [2.45, 2.75) is 32.2 Å². The zero-order valence-corrected chi connectivity index (χ0v) is 13.7. The molecule has 0 spiro atoms. The molecule has 7 heteroatoms. The molecule has 0 aliphatic carbocycles. The minimum absolute atomic E-state index is 0.0150. The fraction of sp³-hybridized carbons (Fsp3) is 0.562. The fourth-order valence-electron chi connectivity index (χ4n) is 2.82. The second-order valence-corrected chi connectivity index (χ2v) is 5.98. The normalized spacial score (nSPS) is 18.6. The average molecular weight is 320 g/mol. The highest BCUT2D eigenvalue weighted by Gasteiger charge is 2.19. The second kappa shape index (κ2) is 8.03. The van der Waals surface area contributed by atoms with Crippen molar-refractivity contribution in [1.82, 2.24) is 10.2 Å². The van der Waals surface area contributed by atoms with E-state index in [1.54, 1.807) is 6.07 Å². The first kappa shape index (κ1) is 17.4. The quantitative estimate of drug-likeness (QED) is 0.617. The van der Waals surface area contributed by atoms with Crippen LogP contribution in [0.3, 0.4) is 0 Å². The number of carbonyl (C=O) groups excluding carboxylic acids is 1. The van der Waals surface area contributed by atoms with Crippen LogP contribution in [0.2, 0.25) is 0 Å². The summed E-state index contributed by atoms with van der Waals surface area (Å²) >= 11 is 0. The van der Waals surface area contributed by atoms with Crippen molar-refractivity contribution in [2.75, 3.05) is 32.0 Å². The molecule has 0 radical (unpaired) electrons. The van der Waals surface area contributed by atoms with Gasteiger partial charge in [0.05, 0.1) is 10.6 Å². The first-order valence-corrected chi connectivity index (χ1v) is 7.94. The monoisotopic (exact) mass is 320 g/mol. The van der Waals surface area contributed by atoms with E-state index in [1.165, 1.54) is 18.6 Å². The lowest BCUT2D eigenvalue weighted by molar-refractivity contribution is -0.384. The molecule has 2 rings (SSSR count). The van der Waals surface area contributed by atoms with Crippen molar-refractivity contribution in [3.05, 3.63) is 33.9 Å². The van der Waals surface area contributed by atoms with Gasteiger partial charge in [0.2, 0.25) is 5.91 Å². The van der Waals surface area contributed by atoms with Crippen LogP contribution >= 0.6 is 0 Å². The predicted octanol–water partition coefficient (Wildman–Crippen LogP) is 1.92. The number of nitrogens with zero attached hydrogens (tertiary/aromatic N) is 2. The lowest BCUT2D eigenvalue weighted by Gasteiger charge is -2.32. The number of hydrogen-bond donors (Lipinski definition) is 2. The number of non-ortho nitro benzene ring substituents is 1. The molecule has 2 N–H and O–H groups in total. The van der Waals surface area contributed by atoms with Gasteiger partial charge in [0, 0.05) is 37.7 Å². The van der Waals surface area contributed by atoms with Crippen molar-refractivity contribution in [2.24, 2.45) is 0 Å². The van der Waals surface area contributed by atoms with Gasteiger partial charge in [-0.15, -0.1) is 0 Å². The summed E-state index contributed by atoms with van der Waals surface area (Å²) in [6, 6.07) is 4.99. The molecule has 1 aliphatic heterocycles. The lowest BCUT2D eigenvalue weighted by Crippen LogP contribution is -2.45. The number of carbonyl (C=O) groups is 1. The zero-order valence-electron chi connectivity index (χ0n) is 13.7. The first-order chi connectivity index (χ1) is 11.0. The van der Waals surface area contributed by atoms with E-state index in [-0.39, 0.29) is 11.6 Å². The minimum Gasteiger partial charge on any atom is -0.326 e. The summed E-state index contributed by atoms with van der Waals surface area (Å²) < 4.78 is 0. The van der Waals surface area contributed by atoms with Crippen molar-refractivity contribution in [3.63, 3.8) is 0 Å². The van der Waals surface area contributed by atoms with Crippen LogP contribution in [-0.4, -0.2) is 48.5 Å². The number of amides is 1. The zero-order chi connectivity index (χ0) is 16.8. The second-order valence-electron chi connectivity index (χ2n) is 5.98. The van der Waals surface area contributed by atoms with Gasteiger partial charge in [-0.25, -0.2) is 0 Å². The van der Waals surface area contributed by atoms with Crippen LogP contribution in [0.1, 0.15) is 24.8 Å². The number of nitro groups is 1. The summed E-state index contributed by atoms with van der Waals surface area (Å²) in [5.41, 5.74) is 1.31. The Morgan fingerprint density at radius 1 is 1.48 bits per heavy atom. The molecular weight excluding hydrogens is 296 g/mol. The standard InChI is InChI=1S/C16H24N4O3/c1-12-5-6-14(20(22)23)10-15(12)18-16(21)7-9-19-8-3-4-13(11-19)17-2/h5-6,10,13,17H,3-4,7-9,11H2,1-2H3,(H,18,21). The van der Waals surface area contributed by atoms with Crippen LogP contribution in [0.4, 0.5) is 11.4 Å². The predicted molar refractivity (Wildman–Crippen MR) is 89.6 cm³/mol. The third-order valence-corrected chi connectivity index (χ3v) is 4.27. The summed E-state index contributed by atoms with van der Waals surface area (Å²) in [5.74, 6) is -0.111. The van der Waals surface area contributed by atoms with Gasteiger partial charge in [-0.2, -0.15) is 0 Å². The molecule has 1 fully saturated rings. The number of hydrogen-bond acceptors (Lipinski definition) is 5. The van der Waals surface area contributed by atoms with Crippen molar-refractivity contribution in [3.8, 4) is 0 Å². The maximum Gasteiger partial charge on any atom is 0.271 e. The molecule has 1 amide bonds. The molecule has 7 nitrogen and oxygen atoms in total. The number of nitro benzene ring substituents is 1. The number of nitrogens with one attached hydrogen (secondary N) is 2. The van der Waals surface area contributed by atoms with Crippen LogP contribution in [0.5, 0.6) is 0 Å². The number of aryl methyl sites for hydroxylation is 1. The lowest BCUT2D eigenvalue weighted by atomic mass is 10.1. The summed E-state index contributed by atoms with van der Waals surface area (Å²) in [5, 5.41) is 16.9. The molecule has 23 heavy (non-hydrogen) atoms. The van der Waals surface area contributed by atoms with Gasteiger partial charge < -0.3 is 15.5 Å². The Labute approximate surface area is 136 Å². The molecule has 0 aromatic heterocycles. The molecule has 1 atom stereocenters. The van der Waals surface area contributed by atoms with E-state index in [1.807, 2.05) is 14.0 Å². The minimum atomic E-state index is -0.458. The number of likely N-dealkylation sites (N-methyl/N-ethyl adjacent to an activating group) is 1. The Bertz CT molecular complexity index is 576. The number of anilines is 1. The van der Waals surface area contributed by atoms with E-state index < -0.39 is 4.92 Å². The molecule has 0 bridgehead atoms. The topological polar surface area (TPSA) is 87.5 Å². The van der Waals surface area contributed by atoms with Crippen LogP contribution < -0.4 is 10.6 Å². The van der Waals surface area contributed by atoms with Gasteiger partial charge in [0.25, 0.3) is 5.69 Å². The Kier molecular flexibility index (Phi) is 6.06. The maximum absolute atomic E-state index is 12.1. The average Bonchev–Trinajstić information content (AvgIpc) is 2.55. The van der Waals surface area contributed by atoms with Crippen molar-refractivity contribution in [1.29, 1.82) is 0 Å². The third kappa shape index (κ3) is 5.01. The van der Waals surface area contributed by atoms with Crippen LogP contribution in [0.25, 0.3) is 0 Å². The third-order valence-electron chi connectivity index (χ3n) is 4.27. The van der Waals surface area contributed by atoms with Gasteiger partial charge in [-0.3, -0.25) is 14.9 Å². The van der Waals surface area contributed by atoms with Crippen molar-refractivity contribution < 1.29 is 9.72 Å². The Balaban J connectivity index is 1.87. The molecule has 1 aliphatic rings. The summed E-state index contributed by atoms with van der Waals surface area (Å²) in [7, 11) is 1.96. The summed E-state index contributed by atoms with van der Waals surface area (Å²) in [6.45, 7) is 4.50. The molecule has 1 aromatic rings. The van der Waals surface area contributed by atoms with E-state index in [0.717, 1.165) is 25.1 Å². The van der Waals surface area contributed by atoms with E-state index >= 15 is 0 Å². The highest BCUT2D eigenvalue weighted by atomic mass is 16.6. The molecule has 1 unspecified atom stereocenters. The molecule has 1 saturated heterocycles. The van der Waals surface area contributed by atoms with Crippen molar-refractivity contribution >= 4 is 17.3 Å². The van der Waals surface area contributed by atoms with Crippen LogP contribution in [0.15, 0.2) is 18.2 Å². The maximum atomic E-state index is 12.1. The van der Waals surface area contributed by atoms with Gasteiger partial charge in [0.1, 0.15) is 0 Å². The van der Waals surface area contributed by atoms with E-state index in [2.05, 4.69) is 15.5 Å². The smallest absolute Gasteiger partial charge is 0.271 e. The number of benzene rings is 1. The van der Waals surface area contributed by atoms with Crippen LogP contribution in [0, 0.1) is 17.0 Å². The van der Waals surface area contributed by atoms with Gasteiger partial charge in [0.15, 0.2) is 0 Å². The number of piperidine rings is 1. The molecule has 1 heterocycles. The summed E-state index contributed by atoms with van der Waals surface area (Å²) in [6.07, 6.45) is 2.70. The first-order valence-electron chi connectivity index (χ1n) is 7.94. The van der Waals surface area contributed by atoms with E-state index in [0.29, 0.717) is 24.7 Å². The van der Waals surface area contributed by atoms with Crippen LogP contribution in [-0.2, 0) is 4.79 Å². The van der Waals surface area contributed by atoms with Gasteiger partial charge in [-0.05, 0) is 38.9 Å². The van der Waals surface area contributed by atoms with E-state index in [4.69, 9.17) is 0 Å². The number of rotatable bonds is 6. The van der Waals surface area contributed by atoms with E-state index in [9.17, 15) is 14.9 Å². The van der Waals surface area contributed by atoms with Gasteiger partial charge in [-0.1, -0.05) is 6.07 Å². The fourth-order valence-corrected chi connectivity index (χ4v) is 2.82. The Morgan fingerprint density at radius 2 is 2.26 bits per heavy atom. The molecule has 0 saturated carbocycles. The Morgan fingerprint density at radius 3 is 2.96 bits per heavy atom. The SMILES string of the molecule is CNC1CCCN(CCC(=O)Nc2cc([N+](=O)[O-])ccc2C)C1. The molecule has 1 aromatic carbocycles. The Hall–Kier alpha value is -1.99. The summed E-state index contributed by atoms with van der Waals surface area (Å²) in [4.78, 5) is 24.8. The van der Waals surface area contributed by atoms with Gasteiger partial charge >= 0.3 is 0 Å². The molecular formula is C16H24N4O3.